The van der Waals surface area contributed by atoms with E-state index in [1.807, 2.05) is 6.92 Å². The Morgan fingerprint density at radius 2 is 1.83 bits per heavy atom. The second kappa shape index (κ2) is 5.13. The lowest BCUT2D eigenvalue weighted by Gasteiger charge is -2.45. The summed E-state index contributed by atoms with van der Waals surface area (Å²) >= 11 is 0. The van der Waals surface area contributed by atoms with E-state index in [0.717, 1.165) is 19.3 Å². The van der Waals surface area contributed by atoms with Crippen molar-refractivity contribution in [3.63, 3.8) is 0 Å². The summed E-state index contributed by atoms with van der Waals surface area (Å²) in [5.74, 6) is 0.202. The number of halogens is 3. The van der Waals surface area contributed by atoms with E-state index < -0.39 is 23.5 Å². The van der Waals surface area contributed by atoms with Crippen molar-refractivity contribution in [2.45, 2.75) is 58.0 Å². The van der Waals surface area contributed by atoms with Crippen LogP contribution in [-0.4, -0.2) is 18.8 Å². The molecule has 7 unspecified atom stereocenters. The first-order chi connectivity index (χ1) is 10.9. The van der Waals surface area contributed by atoms with E-state index in [0.29, 0.717) is 30.6 Å². The molecule has 2 nitrogen and oxygen atoms in total. The van der Waals surface area contributed by atoms with Crippen LogP contribution in [0.5, 0.6) is 0 Å². The molecule has 130 valence electrons. The van der Waals surface area contributed by atoms with Gasteiger partial charge in [-0.25, -0.2) is 0 Å². The predicted molar refractivity (Wildman–Crippen MR) is 78.4 cm³/mol. The van der Waals surface area contributed by atoms with Gasteiger partial charge in [0.25, 0.3) is 0 Å². The summed E-state index contributed by atoms with van der Waals surface area (Å²) in [6, 6.07) is 0. The number of carbonyl (C=O) groups excluding carboxylic acids is 1. The highest BCUT2D eigenvalue weighted by molar-refractivity contribution is 5.79. The van der Waals surface area contributed by atoms with Gasteiger partial charge in [-0.1, -0.05) is 13.3 Å². The number of hydrogen-bond donors (Lipinski definition) is 0. The zero-order valence-electron chi connectivity index (χ0n) is 13.6. The first kappa shape index (κ1) is 15.8. The smallest absolute Gasteiger partial charge is 0.405 e. The summed E-state index contributed by atoms with van der Waals surface area (Å²) in [6.45, 7) is 2.05. The highest BCUT2D eigenvalue weighted by atomic mass is 19.4. The summed E-state index contributed by atoms with van der Waals surface area (Å²) in [4.78, 5) is 12.5. The topological polar surface area (TPSA) is 26.3 Å². The Morgan fingerprint density at radius 3 is 2.48 bits per heavy atom. The summed E-state index contributed by atoms with van der Waals surface area (Å²) in [5.41, 5.74) is -2.21. The van der Waals surface area contributed by atoms with Gasteiger partial charge in [0.2, 0.25) is 0 Å². The molecule has 0 saturated heterocycles. The van der Waals surface area contributed by atoms with E-state index in [-0.39, 0.29) is 24.9 Å². The van der Waals surface area contributed by atoms with Gasteiger partial charge in [-0.2, -0.15) is 13.2 Å². The average molecular weight is 330 g/mol. The third-order valence-corrected chi connectivity index (χ3v) is 7.43. The second-order valence-corrected chi connectivity index (χ2v) is 8.25. The van der Waals surface area contributed by atoms with Crippen LogP contribution in [0.15, 0.2) is 0 Å². The van der Waals surface area contributed by atoms with Crippen molar-refractivity contribution in [3.05, 3.63) is 0 Å². The van der Waals surface area contributed by atoms with Crippen LogP contribution in [-0.2, 0) is 9.53 Å². The minimum Gasteiger partial charge on any atom is -0.465 e. The number of rotatable bonds is 4. The van der Waals surface area contributed by atoms with Crippen LogP contribution < -0.4 is 0 Å². The van der Waals surface area contributed by atoms with E-state index in [1.165, 1.54) is 6.42 Å². The number of hydrogen-bond acceptors (Lipinski definition) is 2. The van der Waals surface area contributed by atoms with Crippen LogP contribution in [0.4, 0.5) is 13.2 Å². The van der Waals surface area contributed by atoms with Gasteiger partial charge in [-0.3, -0.25) is 4.79 Å². The summed E-state index contributed by atoms with van der Waals surface area (Å²) in [7, 11) is 0. The first-order valence-corrected chi connectivity index (χ1v) is 9.14. The second-order valence-electron chi connectivity index (χ2n) is 8.25. The van der Waals surface area contributed by atoms with Crippen LogP contribution in [0.3, 0.4) is 0 Å². The van der Waals surface area contributed by atoms with E-state index >= 15 is 0 Å². The fourth-order valence-corrected chi connectivity index (χ4v) is 6.75. The zero-order valence-corrected chi connectivity index (χ0v) is 13.6. The standard InChI is InChI=1S/C18H25F3O2/c1-2-3-6-23-16(22)17(18(19,20)21)9-12-8-13(17)15-11-5-4-10(7-11)14(12)15/h10-15H,2-9H2,1H3. The Balaban J connectivity index is 1.63. The highest BCUT2D eigenvalue weighted by Gasteiger charge is 2.77. The van der Waals surface area contributed by atoms with Gasteiger partial charge in [0, 0.05) is 0 Å². The molecule has 4 bridgehead atoms. The molecule has 0 radical (unpaired) electrons. The molecule has 0 heterocycles. The maximum atomic E-state index is 14.0. The van der Waals surface area contributed by atoms with Crippen molar-refractivity contribution < 1.29 is 22.7 Å². The van der Waals surface area contributed by atoms with E-state index in [9.17, 15) is 18.0 Å². The number of alkyl halides is 3. The van der Waals surface area contributed by atoms with Gasteiger partial charge < -0.3 is 4.74 Å². The number of fused-ring (bicyclic) bond motifs is 9. The predicted octanol–water partition coefficient (Wildman–Crippen LogP) is 4.58. The van der Waals surface area contributed by atoms with Gasteiger partial charge in [0.05, 0.1) is 6.61 Å². The molecule has 4 saturated carbocycles. The molecule has 0 amide bonds. The third kappa shape index (κ3) is 1.97. The van der Waals surface area contributed by atoms with Crippen molar-refractivity contribution in [2.24, 2.45) is 40.9 Å². The van der Waals surface area contributed by atoms with Crippen molar-refractivity contribution in [2.75, 3.05) is 6.61 Å². The van der Waals surface area contributed by atoms with Gasteiger partial charge in [-0.15, -0.1) is 0 Å². The molecule has 4 aliphatic rings. The molecule has 0 N–H and O–H groups in total. The van der Waals surface area contributed by atoms with Crippen LogP contribution >= 0.6 is 0 Å². The molecular formula is C18H25F3O2. The van der Waals surface area contributed by atoms with Gasteiger partial charge >= 0.3 is 12.1 Å². The van der Waals surface area contributed by atoms with E-state index in [2.05, 4.69) is 0 Å². The Kier molecular flexibility index (Phi) is 3.51. The SMILES string of the molecule is CCCCOC(=O)C1(C(F)(F)F)CC2CC1C1C3CCC(C3)C21. The normalized spacial score (nSPS) is 47.1. The van der Waals surface area contributed by atoms with Crippen molar-refractivity contribution in [1.29, 1.82) is 0 Å². The first-order valence-electron chi connectivity index (χ1n) is 9.14. The Labute approximate surface area is 135 Å². The quantitative estimate of drug-likeness (QED) is 0.428. The Morgan fingerprint density at radius 1 is 1.13 bits per heavy atom. The van der Waals surface area contributed by atoms with Crippen LogP contribution in [0.1, 0.15) is 51.9 Å². The molecule has 23 heavy (non-hydrogen) atoms. The molecule has 0 spiro atoms. The number of esters is 1. The minimum atomic E-state index is -4.48. The van der Waals surface area contributed by atoms with Gasteiger partial charge in [-0.05, 0) is 74.0 Å². The molecule has 5 heteroatoms. The van der Waals surface area contributed by atoms with Gasteiger partial charge in [0.1, 0.15) is 0 Å². The molecule has 7 atom stereocenters. The molecule has 4 fully saturated rings. The lowest BCUT2D eigenvalue weighted by Crippen LogP contribution is -2.54. The monoisotopic (exact) mass is 330 g/mol. The maximum Gasteiger partial charge on any atom is 0.405 e. The number of ether oxygens (including phenoxy) is 1. The average Bonchev–Trinajstić information content (AvgIpc) is 3.23. The summed E-state index contributed by atoms with van der Waals surface area (Å²) in [5, 5.41) is 0. The Bertz CT molecular complexity index is 503. The molecular weight excluding hydrogens is 305 g/mol. The van der Waals surface area contributed by atoms with Gasteiger partial charge in [0.15, 0.2) is 5.41 Å². The summed E-state index contributed by atoms with van der Waals surface area (Å²) in [6.07, 6.45) is 0.880. The molecule has 0 aromatic heterocycles. The lowest BCUT2D eigenvalue weighted by atomic mass is 9.60. The van der Waals surface area contributed by atoms with E-state index in [1.54, 1.807) is 0 Å². The number of carbonyl (C=O) groups is 1. The van der Waals surface area contributed by atoms with Crippen LogP contribution in [0.25, 0.3) is 0 Å². The molecule has 0 aliphatic heterocycles. The van der Waals surface area contributed by atoms with Crippen LogP contribution in [0.2, 0.25) is 0 Å². The lowest BCUT2D eigenvalue weighted by molar-refractivity contribution is -0.256. The van der Waals surface area contributed by atoms with Crippen molar-refractivity contribution >= 4 is 5.97 Å². The molecule has 0 aromatic carbocycles. The number of unbranched alkanes of at least 4 members (excludes halogenated alkanes) is 1. The molecule has 4 aliphatic carbocycles. The maximum absolute atomic E-state index is 14.0. The van der Waals surface area contributed by atoms with E-state index in [4.69, 9.17) is 4.74 Å². The van der Waals surface area contributed by atoms with Crippen LogP contribution in [0, 0.1) is 40.9 Å². The Hall–Kier alpha value is -0.740. The van der Waals surface area contributed by atoms with Crippen molar-refractivity contribution in [1.82, 2.24) is 0 Å². The zero-order chi connectivity index (χ0) is 16.4. The van der Waals surface area contributed by atoms with Crippen molar-refractivity contribution in [3.8, 4) is 0 Å². The summed E-state index contributed by atoms with van der Waals surface area (Å²) < 4.78 is 47.2. The fourth-order valence-electron chi connectivity index (χ4n) is 6.75. The molecule has 4 rings (SSSR count). The largest absolute Gasteiger partial charge is 0.465 e. The minimum absolute atomic E-state index is 0.0173. The highest BCUT2D eigenvalue weighted by Crippen LogP contribution is 2.74. The molecule has 0 aromatic rings. The third-order valence-electron chi connectivity index (χ3n) is 7.43. The fraction of sp³-hybridized carbons (Fsp3) is 0.944.